The molecule has 0 saturated heterocycles. The molecule has 21 heavy (non-hydrogen) atoms. The Morgan fingerprint density at radius 2 is 2.10 bits per heavy atom. The van der Waals surface area contributed by atoms with Crippen molar-refractivity contribution in [1.29, 1.82) is 0 Å². The maximum absolute atomic E-state index is 11.8. The monoisotopic (exact) mass is 291 g/mol. The topological polar surface area (TPSA) is 117 Å². The van der Waals surface area contributed by atoms with E-state index >= 15 is 0 Å². The molecule has 1 heterocycles. The van der Waals surface area contributed by atoms with Crippen LogP contribution in [-0.4, -0.2) is 30.1 Å². The molecule has 0 spiro atoms. The third-order valence-corrected chi connectivity index (χ3v) is 2.79. The fraction of sp³-hybridized carbons (Fsp3) is 0.308. The van der Waals surface area contributed by atoms with E-state index in [4.69, 9.17) is 21.6 Å². The second-order valence-electron chi connectivity index (χ2n) is 4.27. The zero-order valence-corrected chi connectivity index (χ0v) is 11.0. The molecule has 1 aliphatic rings. The summed E-state index contributed by atoms with van der Waals surface area (Å²) in [5, 5.41) is 13.5. The van der Waals surface area contributed by atoms with Crippen LogP contribution < -0.4 is 20.5 Å². The van der Waals surface area contributed by atoms with Gasteiger partial charge in [-0.15, -0.1) is 12.3 Å². The van der Waals surface area contributed by atoms with Gasteiger partial charge in [0.25, 0.3) is 5.69 Å². The van der Waals surface area contributed by atoms with Gasteiger partial charge in [0, 0.05) is 12.5 Å². The molecular formula is C13H13N3O5. The van der Waals surface area contributed by atoms with Crippen molar-refractivity contribution in [3.63, 3.8) is 0 Å². The molecule has 2 rings (SSSR count). The predicted molar refractivity (Wildman–Crippen MR) is 74.1 cm³/mol. The highest BCUT2D eigenvalue weighted by atomic mass is 16.6. The van der Waals surface area contributed by atoms with E-state index in [1.54, 1.807) is 0 Å². The minimum absolute atomic E-state index is 0.0123. The van der Waals surface area contributed by atoms with Crippen molar-refractivity contribution in [3.8, 4) is 23.8 Å². The van der Waals surface area contributed by atoms with Crippen molar-refractivity contribution < 1.29 is 19.2 Å². The van der Waals surface area contributed by atoms with Crippen LogP contribution in [0.4, 0.5) is 11.4 Å². The second-order valence-corrected chi connectivity index (χ2v) is 4.27. The first kappa shape index (κ1) is 14.6. The van der Waals surface area contributed by atoms with Crippen molar-refractivity contribution in [2.24, 2.45) is 5.73 Å². The minimum atomic E-state index is -0.942. The smallest absolute Gasteiger partial charge is 0.296 e. The molecule has 0 radical (unpaired) electrons. The summed E-state index contributed by atoms with van der Waals surface area (Å²) in [4.78, 5) is 22.3. The van der Waals surface area contributed by atoms with Crippen LogP contribution in [-0.2, 0) is 4.79 Å². The number of hydrogen-bond donors (Lipinski definition) is 2. The normalized spacial score (nSPS) is 13.9. The van der Waals surface area contributed by atoms with Gasteiger partial charge in [0.2, 0.25) is 5.91 Å². The summed E-state index contributed by atoms with van der Waals surface area (Å²) in [5.41, 5.74) is 5.24. The van der Waals surface area contributed by atoms with E-state index in [2.05, 4.69) is 11.2 Å². The molecule has 3 N–H and O–H groups in total. The number of anilines is 1. The van der Waals surface area contributed by atoms with Gasteiger partial charge in [-0.3, -0.25) is 14.9 Å². The summed E-state index contributed by atoms with van der Waals surface area (Å²) in [6.45, 7) is 0.637. The van der Waals surface area contributed by atoms with Crippen LogP contribution in [0.15, 0.2) is 12.1 Å². The Kier molecular flexibility index (Phi) is 4.25. The molecule has 0 aliphatic carbocycles. The number of amides is 1. The molecule has 8 nitrogen and oxygen atoms in total. The number of terminal acetylenes is 1. The van der Waals surface area contributed by atoms with Crippen LogP contribution >= 0.6 is 0 Å². The Balaban J connectivity index is 2.31. The van der Waals surface area contributed by atoms with Crippen molar-refractivity contribution in [2.45, 2.75) is 12.5 Å². The summed E-state index contributed by atoms with van der Waals surface area (Å²) >= 11 is 0. The molecule has 1 amide bonds. The lowest BCUT2D eigenvalue weighted by molar-refractivity contribution is -0.384. The lowest BCUT2D eigenvalue weighted by Crippen LogP contribution is -2.35. The predicted octanol–water partition coefficient (Wildman–Crippen LogP) is 0.655. The number of hydrogen-bond acceptors (Lipinski definition) is 6. The Hall–Kier alpha value is -2.79. The minimum Gasteiger partial charge on any atom is -0.486 e. The molecule has 0 saturated carbocycles. The van der Waals surface area contributed by atoms with Gasteiger partial charge in [0.1, 0.15) is 18.9 Å². The Bertz CT molecular complexity index is 623. The van der Waals surface area contributed by atoms with Crippen molar-refractivity contribution in [1.82, 2.24) is 0 Å². The summed E-state index contributed by atoms with van der Waals surface area (Å²) in [7, 11) is 0. The first-order valence-electron chi connectivity index (χ1n) is 6.11. The van der Waals surface area contributed by atoms with Gasteiger partial charge in [-0.25, -0.2) is 0 Å². The van der Waals surface area contributed by atoms with Gasteiger partial charge >= 0.3 is 0 Å². The lowest BCUT2D eigenvalue weighted by Gasteiger charge is -2.19. The summed E-state index contributed by atoms with van der Waals surface area (Å²) < 4.78 is 10.6. The SMILES string of the molecule is C#CCC(N)C(=O)Nc1cc2c(cc1[N+](=O)[O-])OCCO2. The number of nitro benzene ring substituents is 1. The van der Waals surface area contributed by atoms with E-state index in [0.29, 0.717) is 19.0 Å². The number of nitrogens with two attached hydrogens (primary N) is 1. The molecule has 110 valence electrons. The largest absolute Gasteiger partial charge is 0.486 e. The van der Waals surface area contributed by atoms with Crippen LogP contribution in [0.25, 0.3) is 0 Å². The summed E-state index contributed by atoms with van der Waals surface area (Å²) in [6.07, 6.45) is 5.11. The van der Waals surface area contributed by atoms with Crippen molar-refractivity contribution in [2.75, 3.05) is 18.5 Å². The number of ether oxygens (including phenoxy) is 2. The number of nitrogens with zero attached hydrogens (tertiary/aromatic N) is 1. The number of rotatable bonds is 4. The second kappa shape index (κ2) is 6.11. The van der Waals surface area contributed by atoms with E-state index in [0.717, 1.165) is 0 Å². The highest BCUT2D eigenvalue weighted by Gasteiger charge is 2.24. The number of carbonyl (C=O) groups is 1. The van der Waals surface area contributed by atoms with Crippen LogP contribution in [0.2, 0.25) is 0 Å². The first-order chi connectivity index (χ1) is 10.0. The average Bonchev–Trinajstić information content (AvgIpc) is 2.46. The maximum atomic E-state index is 11.8. The number of benzene rings is 1. The zero-order chi connectivity index (χ0) is 15.4. The maximum Gasteiger partial charge on any atom is 0.296 e. The van der Waals surface area contributed by atoms with Crippen LogP contribution in [0.1, 0.15) is 6.42 Å². The van der Waals surface area contributed by atoms with E-state index in [-0.39, 0.29) is 23.5 Å². The Labute approximate surface area is 120 Å². The van der Waals surface area contributed by atoms with Gasteiger partial charge in [0.15, 0.2) is 11.5 Å². The molecule has 0 bridgehead atoms. The fourth-order valence-electron chi connectivity index (χ4n) is 1.77. The van der Waals surface area contributed by atoms with Crippen molar-refractivity contribution >= 4 is 17.3 Å². The molecule has 1 atom stereocenters. The summed E-state index contributed by atoms with van der Waals surface area (Å²) in [5.74, 6) is 2.24. The molecule has 1 aliphatic heterocycles. The molecular weight excluding hydrogens is 278 g/mol. The standard InChI is InChI=1S/C13H13N3O5/c1-2-3-8(14)13(17)15-9-6-11-12(21-5-4-20-11)7-10(9)16(18)19/h1,6-8H,3-5,14H2,(H,15,17). The van der Waals surface area contributed by atoms with E-state index in [9.17, 15) is 14.9 Å². The molecule has 1 unspecified atom stereocenters. The van der Waals surface area contributed by atoms with Crippen LogP contribution in [0.3, 0.4) is 0 Å². The molecule has 1 aromatic rings. The quantitative estimate of drug-likeness (QED) is 0.478. The third kappa shape index (κ3) is 3.21. The first-order valence-corrected chi connectivity index (χ1v) is 6.11. The van der Waals surface area contributed by atoms with Gasteiger partial charge in [-0.1, -0.05) is 0 Å². The van der Waals surface area contributed by atoms with Gasteiger partial charge in [-0.2, -0.15) is 0 Å². The molecule has 0 aromatic heterocycles. The Morgan fingerprint density at radius 1 is 1.48 bits per heavy atom. The summed E-state index contributed by atoms with van der Waals surface area (Å²) in [6, 6.07) is 1.60. The Morgan fingerprint density at radius 3 is 2.67 bits per heavy atom. The van der Waals surface area contributed by atoms with Gasteiger partial charge in [-0.05, 0) is 0 Å². The van der Waals surface area contributed by atoms with E-state index in [1.807, 2.05) is 0 Å². The van der Waals surface area contributed by atoms with Gasteiger partial charge < -0.3 is 20.5 Å². The highest BCUT2D eigenvalue weighted by molar-refractivity contribution is 5.97. The highest BCUT2D eigenvalue weighted by Crippen LogP contribution is 2.39. The zero-order valence-electron chi connectivity index (χ0n) is 11.0. The molecule has 8 heteroatoms. The molecule has 0 fully saturated rings. The fourth-order valence-corrected chi connectivity index (χ4v) is 1.77. The number of fused-ring (bicyclic) bond motifs is 1. The van der Waals surface area contributed by atoms with Crippen molar-refractivity contribution in [3.05, 3.63) is 22.2 Å². The van der Waals surface area contributed by atoms with E-state index < -0.39 is 16.9 Å². The van der Waals surface area contributed by atoms with E-state index in [1.165, 1.54) is 12.1 Å². The number of nitrogens with one attached hydrogen (secondary N) is 1. The van der Waals surface area contributed by atoms with Crippen LogP contribution in [0, 0.1) is 22.5 Å². The number of carbonyl (C=O) groups excluding carboxylic acids is 1. The lowest BCUT2D eigenvalue weighted by atomic mass is 10.2. The average molecular weight is 291 g/mol. The third-order valence-electron chi connectivity index (χ3n) is 2.79. The number of nitro groups is 1. The van der Waals surface area contributed by atoms with Gasteiger partial charge in [0.05, 0.1) is 17.0 Å². The molecule has 1 aromatic carbocycles. The van der Waals surface area contributed by atoms with Crippen LogP contribution in [0.5, 0.6) is 11.5 Å².